The van der Waals surface area contributed by atoms with Gasteiger partial charge in [0.15, 0.2) is 0 Å². The van der Waals surface area contributed by atoms with E-state index in [1.165, 1.54) is 5.56 Å². The molecular formula is C17H22N2O. The lowest BCUT2D eigenvalue weighted by molar-refractivity contribution is 0.288. The largest absolute Gasteiger partial charge is 0.473 e. The lowest BCUT2D eigenvalue weighted by Gasteiger charge is -2.14. The van der Waals surface area contributed by atoms with Gasteiger partial charge in [-0.1, -0.05) is 37.3 Å². The van der Waals surface area contributed by atoms with Crippen LogP contribution in [0.5, 0.6) is 5.88 Å². The molecule has 0 spiro atoms. The van der Waals surface area contributed by atoms with E-state index in [1.54, 1.807) is 0 Å². The lowest BCUT2D eigenvalue weighted by atomic mass is 10.1. The fourth-order valence-electron chi connectivity index (χ4n) is 2.14. The van der Waals surface area contributed by atoms with Gasteiger partial charge in [-0.3, -0.25) is 0 Å². The van der Waals surface area contributed by atoms with Crippen molar-refractivity contribution in [1.82, 2.24) is 10.3 Å². The molecular weight excluding hydrogens is 248 g/mol. The van der Waals surface area contributed by atoms with Gasteiger partial charge in [-0.15, -0.1) is 0 Å². The zero-order valence-corrected chi connectivity index (χ0v) is 12.4. The van der Waals surface area contributed by atoms with Gasteiger partial charge in [-0.25, -0.2) is 4.98 Å². The van der Waals surface area contributed by atoms with Crippen molar-refractivity contribution in [2.45, 2.75) is 33.9 Å². The smallest absolute Gasteiger partial charge is 0.218 e. The Morgan fingerprint density at radius 3 is 2.60 bits per heavy atom. The molecule has 0 amide bonds. The molecule has 2 rings (SSSR count). The Kier molecular flexibility index (Phi) is 5.13. The van der Waals surface area contributed by atoms with E-state index >= 15 is 0 Å². The Balaban J connectivity index is 2.16. The second-order valence-corrected chi connectivity index (χ2v) is 4.92. The highest BCUT2D eigenvalue weighted by atomic mass is 16.5. The summed E-state index contributed by atoms with van der Waals surface area (Å²) in [6.45, 7) is 8.48. The third-order valence-electron chi connectivity index (χ3n) is 3.21. The van der Waals surface area contributed by atoms with Gasteiger partial charge in [0.1, 0.15) is 6.61 Å². The van der Waals surface area contributed by atoms with Gasteiger partial charge < -0.3 is 10.1 Å². The van der Waals surface area contributed by atoms with Gasteiger partial charge in [-0.05, 0) is 37.6 Å². The van der Waals surface area contributed by atoms with Gasteiger partial charge in [0.05, 0.1) is 0 Å². The summed E-state index contributed by atoms with van der Waals surface area (Å²) >= 11 is 0. The highest BCUT2D eigenvalue weighted by Crippen LogP contribution is 2.21. The van der Waals surface area contributed by atoms with Crippen LogP contribution in [-0.4, -0.2) is 11.5 Å². The summed E-state index contributed by atoms with van der Waals surface area (Å²) < 4.78 is 5.93. The van der Waals surface area contributed by atoms with Crippen LogP contribution in [0.2, 0.25) is 0 Å². The molecule has 0 saturated heterocycles. The van der Waals surface area contributed by atoms with E-state index in [1.807, 2.05) is 25.1 Å². The second-order valence-electron chi connectivity index (χ2n) is 4.92. The Labute approximate surface area is 121 Å². The van der Waals surface area contributed by atoms with Crippen molar-refractivity contribution < 1.29 is 4.74 Å². The zero-order chi connectivity index (χ0) is 14.4. The molecule has 0 aliphatic heterocycles. The molecule has 3 heteroatoms. The first-order valence-corrected chi connectivity index (χ1v) is 7.05. The lowest BCUT2D eigenvalue weighted by Crippen LogP contribution is -2.15. The van der Waals surface area contributed by atoms with Gasteiger partial charge in [0.25, 0.3) is 0 Å². The molecule has 1 heterocycles. The number of benzene rings is 1. The highest BCUT2D eigenvalue weighted by molar-refractivity contribution is 5.36. The van der Waals surface area contributed by atoms with Gasteiger partial charge in [0.2, 0.25) is 5.88 Å². The number of aromatic nitrogens is 1. The van der Waals surface area contributed by atoms with Crippen LogP contribution in [-0.2, 0) is 13.2 Å². The molecule has 0 radical (unpaired) electrons. The van der Waals surface area contributed by atoms with Crippen molar-refractivity contribution in [1.29, 1.82) is 0 Å². The summed E-state index contributed by atoms with van der Waals surface area (Å²) in [5.74, 6) is 0.743. The Hall–Kier alpha value is -1.87. The minimum absolute atomic E-state index is 0.551. The summed E-state index contributed by atoms with van der Waals surface area (Å²) in [7, 11) is 0. The van der Waals surface area contributed by atoms with Crippen LogP contribution in [0.3, 0.4) is 0 Å². The predicted molar refractivity (Wildman–Crippen MR) is 81.9 cm³/mol. The number of ether oxygens (including phenoxy) is 1. The van der Waals surface area contributed by atoms with Crippen LogP contribution < -0.4 is 10.1 Å². The summed E-state index contributed by atoms with van der Waals surface area (Å²) in [6, 6.07) is 12.3. The van der Waals surface area contributed by atoms with Gasteiger partial charge in [-0.2, -0.15) is 0 Å². The fraction of sp³-hybridized carbons (Fsp3) is 0.353. The molecule has 106 valence electrons. The molecule has 2 aromatic rings. The number of hydrogen-bond acceptors (Lipinski definition) is 3. The molecule has 0 atom stereocenters. The van der Waals surface area contributed by atoms with E-state index in [-0.39, 0.29) is 0 Å². The standard InChI is InChI=1S/C17H22N2O/c1-4-18-11-16-13(2)10-14(3)19-17(16)20-12-15-8-6-5-7-9-15/h5-10,18H,4,11-12H2,1-3H3. The SMILES string of the molecule is CCNCc1c(C)cc(C)nc1OCc1ccccc1. The van der Waals surface area contributed by atoms with Crippen LogP contribution in [0.1, 0.15) is 29.3 Å². The maximum Gasteiger partial charge on any atom is 0.218 e. The van der Waals surface area contributed by atoms with E-state index in [4.69, 9.17) is 4.74 Å². The Bertz CT molecular complexity index is 552. The minimum atomic E-state index is 0.551. The summed E-state index contributed by atoms with van der Waals surface area (Å²) in [6.07, 6.45) is 0. The van der Waals surface area contributed by atoms with E-state index in [0.717, 1.165) is 35.8 Å². The van der Waals surface area contributed by atoms with E-state index < -0.39 is 0 Å². The van der Waals surface area contributed by atoms with E-state index in [9.17, 15) is 0 Å². The third kappa shape index (κ3) is 3.81. The molecule has 0 aliphatic carbocycles. The molecule has 1 aromatic carbocycles. The maximum absolute atomic E-state index is 5.93. The molecule has 20 heavy (non-hydrogen) atoms. The first kappa shape index (κ1) is 14.5. The molecule has 3 nitrogen and oxygen atoms in total. The van der Waals surface area contributed by atoms with Crippen molar-refractivity contribution >= 4 is 0 Å². The number of pyridine rings is 1. The van der Waals surface area contributed by atoms with Gasteiger partial charge >= 0.3 is 0 Å². The number of rotatable bonds is 6. The van der Waals surface area contributed by atoms with Crippen molar-refractivity contribution in [2.75, 3.05) is 6.54 Å². The fourth-order valence-corrected chi connectivity index (χ4v) is 2.14. The molecule has 1 aromatic heterocycles. The van der Waals surface area contributed by atoms with Crippen LogP contribution in [0.4, 0.5) is 0 Å². The third-order valence-corrected chi connectivity index (χ3v) is 3.21. The maximum atomic E-state index is 5.93. The molecule has 0 unspecified atom stereocenters. The number of nitrogens with zero attached hydrogens (tertiary/aromatic N) is 1. The Morgan fingerprint density at radius 2 is 1.90 bits per heavy atom. The van der Waals surface area contributed by atoms with Crippen molar-refractivity contribution in [3.8, 4) is 5.88 Å². The number of aryl methyl sites for hydroxylation is 2. The van der Waals surface area contributed by atoms with Crippen LogP contribution in [0, 0.1) is 13.8 Å². The minimum Gasteiger partial charge on any atom is -0.473 e. The van der Waals surface area contributed by atoms with E-state index in [0.29, 0.717) is 6.61 Å². The average molecular weight is 270 g/mol. The van der Waals surface area contributed by atoms with Crippen molar-refractivity contribution in [3.05, 3.63) is 58.8 Å². The normalized spacial score (nSPS) is 10.6. The van der Waals surface area contributed by atoms with Gasteiger partial charge in [0, 0.05) is 17.8 Å². The summed E-state index contributed by atoms with van der Waals surface area (Å²) in [4.78, 5) is 4.54. The topological polar surface area (TPSA) is 34.2 Å². The van der Waals surface area contributed by atoms with E-state index in [2.05, 4.69) is 42.3 Å². The van der Waals surface area contributed by atoms with Crippen molar-refractivity contribution in [2.24, 2.45) is 0 Å². The zero-order valence-electron chi connectivity index (χ0n) is 12.4. The molecule has 0 bridgehead atoms. The first-order valence-electron chi connectivity index (χ1n) is 7.05. The monoisotopic (exact) mass is 270 g/mol. The molecule has 0 saturated carbocycles. The summed E-state index contributed by atoms with van der Waals surface area (Å²) in [5.41, 5.74) is 4.52. The Morgan fingerprint density at radius 1 is 1.15 bits per heavy atom. The predicted octanol–water partition coefficient (Wildman–Crippen LogP) is 3.39. The molecule has 0 fully saturated rings. The first-order chi connectivity index (χ1) is 9.70. The van der Waals surface area contributed by atoms with Crippen LogP contribution in [0.25, 0.3) is 0 Å². The number of hydrogen-bond donors (Lipinski definition) is 1. The molecule has 1 N–H and O–H groups in total. The molecule has 0 aliphatic rings. The van der Waals surface area contributed by atoms with Crippen LogP contribution >= 0.6 is 0 Å². The quantitative estimate of drug-likeness (QED) is 0.873. The van der Waals surface area contributed by atoms with Crippen LogP contribution in [0.15, 0.2) is 36.4 Å². The second kappa shape index (κ2) is 7.06. The summed E-state index contributed by atoms with van der Waals surface area (Å²) in [5, 5.41) is 3.34. The van der Waals surface area contributed by atoms with Crippen molar-refractivity contribution in [3.63, 3.8) is 0 Å². The highest BCUT2D eigenvalue weighted by Gasteiger charge is 2.10. The number of nitrogens with one attached hydrogen (secondary N) is 1. The average Bonchev–Trinajstić information content (AvgIpc) is 2.45.